The van der Waals surface area contributed by atoms with Crippen molar-refractivity contribution in [3.8, 4) is 6.07 Å². The fourth-order valence-corrected chi connectivity index (χ4v) is 2.45. The van der Waals surface area contributed by atoms with Crippen molar-refractivity contribution in [3.63, 3.8) is 0 Å². The number of likely N-dealkylation sites (tertiary alicyclic amines) is 1. The van der Waals surface area contributed by atoms with Crippen molar-refractivity contribution < 1.29 is 9.59 Å². The van der Waals surface area contributed by atoms with Gasteiger partial charge in [0.25, 0.3) is 0 Å². The van der Waals surface area contributed by atoms with Gasteiger partial charge in [0, 0.05) is 12.6 Å². The second kappa shape index (κ2) is 6.90. The molecular formula is C15H26N4O2. The van der Waals surface area contributed by atoms with Gasteiger partial charge in [0.2, 0.25) is 11.8 Å². The monoisotopic (exact) mass is 294 g/mol. The van der Waals surface area contributed by atoms with Gasteiger partial charge in [-0.2, -0.15) is 5.26 Å². The maximum Gasteiger partial charge on any atom is 0.235 e. The molecule has 2 amide bonds. The summed E-state index contributed by atoms with van der Waals surface area (Å²) < 4.78 is 0. The molecule has 1 aliphatic rings. The summed E-state index contributed by atoms with van der Waals surface area (Å²) in [6.07, 6.45) is 1.62. The highest BCUT2D eigenvalue weighted by molar-refractivity contribution is 5.80. The van der Waals surface area contributed by atoms with Crippen LogP contribution in [0.25, 0.3) is 0 Å². The van der Waals surface area contributed by atoms with Crippen molar-refractivity contribution in [3.05, 3.63) is 0 Å². The number of hydrogen-bond donors (Lipinski definition) is 2. The Kier molecular flexibility index (Phi) is 5.73. The van der Waals surface area contributed by atoms with Crippen molar-refractivity contribution in [2.45, 2.75) is 52.1 Å². The summed E-state index contributed by atoms with van der Waals surface area (Å²) in [4.78, 5) is 25.5. The van der Waals surface area contributed by atoms with Crippen LogP contribution in [-0.2, 0) is 9.59 Å². The van der Waals surface area contributed by atoms with Crippen molar-refractivity contribution in [2.24, 2.45) is 17.6 Å². The molecule has 6 nitrogen and oxygen atoms in total. The Morgan fingerprint density at radius 2 is 2.10 bits per heavy atom. The highest BCUT2D eigenvalue weighted by Crippen LogP contribution is 2.21. The average Bonchev–Trinajstić information content (AvgIpc) is 2.40. The third-order valence-electron chi connectivity index (χ3n) is 4.55. The zero-order valence-electron chi connectivity index (χ0n) is 13.3. The zero-order valence-corrected chi connectivity index (χ0v) is 13.3. The van der Waals surface area contributed by atoms with Crippen molar-refractivity contribution in [1.82, 2.24) is 10.2 Å². The molecule has 0 bridgehead atoms. The normalized spacial score (nSPS) is 25.9. The van der Waals surface area contributed by atoms with E-state index in [1.54, 1.807) is 6.92 Å². The van der Waals surface area contributed by atoms with E-state index in [-0.39, 0.29) is 36.2 Å². The van der Waals surface area contributed by atoms with Crippen LogP contribution in [0.5, 0.6) is 0 Å². The minimum atomic E-state index is -0.876. The summed E-state index contributed by atoms with van der Waals surface area (Å²) in [6.45, 7) is 8.26. The van der Waals surface area contributed by atoms with Gasteiger partial charge in [-0.15, -0.1) is 0 Å². The van der Waals surface area contributed by atoms with E-state index in [2.05, 4.69) is 11.4 Å². The third kappa shape index (κ3) is 4.43. The molecule has 6 heteroatoms. The number of carbonyl (C=O) groups excluding carboxylic acids is 2. The highest BCUT2D eigenvalue weighted by Gasteiger charge is 2.33. The maximum atomic E-state index is 12.2. The predicted octanol–water partition coefficient (Wildman–Crippen LogP) is 0.627. The molecule has 1 saturated heterocycles. The SMILES string of the molecule is CC(C)[C@@](C)(C#N)NC(=O)CN1C[C@H](C(N)=O)CC[C@H]1C. The lowest BCUT2D eigenvalue weighted by molar-refractivity contribution is -0.128. The largest absolute Gasteiger partial charge is 0.369 e. The number of piperidine rings is 1. The number of nitrogens with zero attached hydrogens (tertiary/aromatic N) is 2. The molecule has 0 saturated carbocycles. The minimum Gasteiger partial charge on any atom is -0.369 e. The highest BCUT2D eigenvalue weighted by atomic mass is 16.2. The molecule has 0 unspecified atom stereocenters. The van der Waals surface area contributed by atoms with E-state index in [4.69, 9.17) is 5.73 Å². The summed E-state index contributed by atoms with van der Waals surface area (Å²) in [5, 5.41) is 12.0. The molecule has 21 heavy (non-hydrogen) atoms. The molecule has 0 radical (unpaired) electrons. The van der Waals surface area contributed by atoms with Crippen LogP contribution in [0.3, 0.4) is 0 Å². The van der Waals surface area contributed by atoms with Crippen LogP contribution in [0.2, 0.25) is 0 Å². The maximum absolute atomic E-state index is 12.2. The first-order chi connectivity index (χ1) is 9.69. The molecule has 3 N–H and O–H groups in total. The molecule has 0 spiro atoms. The van der Waals surface area contributed by atoms with E-state index in [1.165, 1.54) is 0 Å². The molecule has 1 aliphatic heterocycles. The Hall–Kier alpha value is -1.61. The molecule has 1 fully saturated rings. The van der Waals surface area contributed by atoms with Gasteiger partial charge in [0.05, 0.1) is 18.5 Å². The number of nitriles is 1. The summed E-state index contributed by atoms with van der Waals surface area (Å²) in [5.74, 6) is -0.675. The first-order valence-corrected chi connectivity index (χ1v) is 7.45. The van der Waals surface area contributed by atoms with E-state index in [0.29, 0.717) is 6.54 Å². The van der Waals surface area contributed by atoms with Gasteiger partial charge in [-0.05, 0) is 32.6 Å². The second-order valence-electron chi connectivity index (χ2n) is 6.47. The lowest BCUT2D eigenvalue weighted by Gasteiger charge is -2.37. The summed E-state index contributed by atoms with van der Waals surface area (Å²) in [6, 6.07) is 2.39. The van der Waals surface area contributed by atoms with Crippen LogP contribution >= 0.6 is 0 Å². The molecule has 1 rings (SSSR count). The second-order valence-corrected chi connectivity index (χ2v) is 6.47. The number of hydrogen-bond acceptors (Lipinski definition) is 4. The van der Waals surface area contributed by atoms with Gasteiger partial charge < -0.3 is 11.1 Å². The lowest BCUT2D eigenvalue weighted by atomic mass is 9.90. The fraction of sp³-hybridized carbons (Fsp3) is 0.800. The van der Waals surface area contributed by atoms with Gasteiger partial charge in [0.15, 0.2) is 0 Å². The van der Waals surface area contributed by atoms with Crippen LogP contribution in [-0.4, -0.2) is 41.4 Å². The molecule has 118 valence electrons. The van der Waals surface area contributed by atoms with Crippen LogP contribution in [0.4, 0.5) is 0 Å². The Labute approximate surface area is 126 Å². The number of nitrogens with two attached hydrogens (primary N) is 1. The minimum absolute atomic E-state index is 0.0172. The molecule has 0 aromatic carbocycles. The Bertz CT molecular complexity index is 443. The van der Waals surface area contributed by atoms with Crippen LogP contribution in [0.15, 0.2) is 0 Å². The summed E-state index contributed by atoms with van der Waals surface area (Å²) in [7, 11) is 0. The van der Waals surface area contributed by atoms with Gasteiger partial charge in [-0.25, -0.2) is 0 Å². The van der Waals surface area contributed by atoms with E-state index >= 15 is 0 Å². The Balaban J connectivity index is 2.65. The smallest absolute Gasteiger partial charge is 0.235 e. The van der Waals surface area contributed by atoms with Gasteiger partial charge in [-0.3, -0.25) is 14.5 Å². The number of carbonyl (C=O) groups is 2. The average molecular weight is 294 g/mol. The van der Waals surface area contributed by atoms with E-state index in [9.17, 15) is 14.9 Å². The molecular weight excluding hydrogens is 268 g/mol. The van der Waals surface area contributed by atoms with Crippen molar-refractivity contribution >= 4 is 11.8 Å². The molecule has 0 aromatic heterocycles. The Morgan fingerprint density at radius 3 is 2.57 bits per heavy atom. The first-order valence-electron chi connectivity index (χ1n) is 7.45. The van der Waals surface area contributed by atoms with E-state index in [1.807, 2.05) is 25.7 Å². The van der Waals surface area contributed by atoms with Crippen LogP contribution in [0, 0.1) is 23.2 Å². The van der Waals surface area contributed by atoms with Crippen molar-refractivity contribution in [2.75, 3.05) is 13.1 Å². The lowest BCUT2D eigenvalue weighted by Crippen LogP contribution is -2.54. The Morgan fingerprint density at radius 1 is 1.48 bits per heavy atom. The van der Waals surface area contributed by atoms with Crippen molar-refractivity contribution in [1.29, 1.82) is 5.26 Å². The third-order valence-corrected chi connectivity index (χ3v) is 4.55. The van der Waals surface area contributed by atoms with Crippen LogP contribution < -0.4 is 11.1 Å². The number of primary amides is 1. The molecule has 3 atom stereocenters. The van der Waals surface area contributed by atoms with E-state index < -0.39 is 5.54 Å². The number of rotatable bonds is 5. The molecule has 0 aromatic rings. The number of amides is 2. The van der Waals surface area contributed by atoms with Crippen LogP contribution in [0.1, 0.15) is 40.5 Å². The first kappa shape index (κ1) is 17.4. The fourth-order valence-electron chi connectivity index (χ4n) is 2.45. The van der Waals surface area contributed by atoms with Gasteiger partial charge >= 0.3 is 0 Å². The molecule has 1 heterocycles. The predicted molar refractivity (Wildman–Crippen MR) is 80.0 cm³/mol. The quantitative estimate of drug-likeness (QED) is 0.776. The summed E-state index contributed by atoms with van der Waals surface area (Å²) >= 11 is 0. The van der Waals surface area contributed by atoms with E-state index in [0.717, 1.165) is 12.8 Å². The summed E-state index contributed by atoms with van der Waals surface area (Å²) in [5.41, 5.74) is 4.48. The van der Waals surface area contributed by atoms with Gasteiger partial charge in [-0.1, -0.05) is 13.8 Å². The standard InChI is InChI=1S/C15H26N4O2/c1-10(2)15(4,9-16)18-13(20)8-19-7-12(14(17)21)6-5-11(19)3/h10-12H,5-8H2,1-4H3,(H2,17,21)(H,18,20)/t11-,12-,15-/m1/s1. The zero-order chi connectivity index (χ0) is 16.2. The number of nitrogens with one attached hydrogen (secondary N) is 1. The topological polar surface area (TPSA) is 99.2 Å². The molecule has 0 aliphatic carbocycles. The van der Waals surface area contributed by atoms with Gasteiger partial charge in [0.1, 0.15) is 5.54 Å².